The third-order valence-corrected chi connectivity index (χ3v) is 5.52. The van der Waals surface area contributed by atoms with Crippen molar-refractivity contribution in [1.82, 2.24) is 14.5 Å². The Labute approximate surface area is 177 Å². The lowest BCUT2D eigenvalue weighted by atomic mass is 10.2. The first kappa shape index (κ1) is 21.1. The number of carbonyl (C=O) groups is 1. The number of hydrogen-bond donors (Lipinski definition) is 1. The van der Waals surface area contributed by atoms with Crippen molar-refractivity contribution in [3.8, 4) is 5.75 Å². The number of pyridine rings is 1. The van der Waals surface area contributed by atoms with E-state index in [1.165, 1.54) is 18.9 Å². The predicted octanol–water partition coefficient (Wildman–Crippen LogP) is 3.82. The van der Waals surface area contributed by atoms with E-state index < -0.39 is 0 Å². The molecule has 152 valence electrons. The molecule has 0 spiro atoms. The lowest BCUT2D eigenvalue weighted by Gasteiger charge is -2.14. The molecule has 1 N–H and O–H groups in total. The van der Waals surface area contributed by atoms with E-state index in [9.17, 15) is 9.59 Å². The van der Waals surface area contributed by atoms with E-state index in [1.807, 2.05) is 31.4 Å². The minimum Gasteiger partial charge on any atom is -0.495 e. The first-order valence-corrected chi connectivity index (χ1v) is 10.3. The van der Waals surface area contributed by atoms with Gasteiger partial charge in [0, 0.05) is 17.3 Å². The second-order valence-electron chi connectivity index (χ2n) is 6.40. The Morgan fingerprint density at radius 1 is 1.28 bits per heavy atom. The maximum Gasteiger partial charge on any atom is 0.283 e. The van der Waals surface area contributed by atoms with Gasteiger partial charge in [0.25, 0.3) is 5.56 Å². The highest BCUT2D eigenvalue weighted by atomic mass is 35.5. The number of nitrogens with one attached hydrogen (secondary N) is 1. The third kappa shape index (κ3) is 4.54. The van der Waals surface area contributed by atoms with Gasteiger partial charge < -0.3 is 14.6 Å². The Balaban J connectivity index is 1.86. The zero-order valence-electron chi connectivity index (χ0n) is 16.6. The second kappa shape index (κ2) is 8.84. The highest BCUT2D eigenvalue weighted by Gasteiger charge is 2.16. The Kier molecular flexibility index (Phi) is 6.44. The van der Waals surface area contributed by atoms with Crippen LogP contribution >= 0.6 is 23.4 Å². The number of amides is 1. The maximum absolute atomic E-state index is 12.5. The first-order valence-electron chi connectivity index (χ1n) is 8.99. The first-order chi connectivity index (χ1) is 13.8. The van der Waals surface area contributed by atoms with Crippen molar-refractivity contribution in [3.63, 3.8) is 0 Å². The molecule has 0 unspecified atom stereocenters. The average Bonchev–Trinajstić information content (AvgIpc) is 2.66. The second-order valence-corrected chi connectivity index (χ2v) is 7.78. The summed E-state index contributed by atoms with van der Waals surface area (Å²) in [7, 11) is 1.52. The van der Waals surface area contributed by atoms with Crippen LogP contribution in [0.1, 0.15) is 18.2 Å². The summed E-state index contributed by atoms with van der Waals surface area (Å²) in [5.41, 5.74) is 2.40. The van der Waals surface area contributed by atoms with E-state index in [1.54, 1.807) is 18.2 Å². The molecule has 2 aromatic heterocycles. The van der Waals surface area contributed by atoms with E-state index in [0.29, 0.717) is 39.2 Å². The van der Waals surface area contributed by atoms with Gasteiger partial charge in [-0.1, -0.05) is 23.4 Å². The molecule has 0 fully saturated rings. The highest BCUT2D eigenvalue weighted by Crippen LogP contribution is 2.28. The van der Waals surface area contributed by atoms with E-state index in [-0.39, 0.29) is 17.2 Å². The summed E-state index contributed by atoms with van der Waals surface area (Å²) >= 11 is 7.18. The minimum atomic E-state index is -0.339. The van der Waals surface area contributed by atoms with Crippen molar-refractivity contribution >= 4 is 46.0 Å². The fraction of sp³-hybridized carbons (Fsp3) is 0.300. The molecule has 3 aromatic rings. The molecule has 1 aromatic carbocycles. The molecular formula is C20H21ClN4O3S. The van der Waals surface area contributed by atoms with Crippen LogP contribution in [-0.4, -0.2) is 33.3 Å². The summed E-state index contributed by atoms with van der Waals surface area (Å²) in [5, 5.41) is 4.23. The van der Waals surface area contributed by atoms with Crippen molar-refractivity contribution in [2.75, 3.05) is 18.2 Å². The number of hydrogen-bond acceptors (Lipinski definition) is 6. The van der Waals surface area contributed by atoms with Crippen LogP contribution in [-0.2, 0) is 11.3 Å². The molecule has 0 aliphatic rings. The minimum absolute atomic E-state index is 0.0679. The van der Waals surface area contributed by atoms with Gasteiger partial charge in [0.1, 0.15) is 11.4 Å². The van der Waals surface area contributed by atoms with Gasteiger partial charge in [-0.2, -0.15) is 4.98 Å². The molecule has 0 atom stereocenters. The van der Waals surface area contributed by atoms with E-state index in [0.717, 1.165) is 11.3 Å². The number of benzene rings is 1. The summed E-state index contributed by atoms with van der Waals surface area (Å²) in [6, 6.07) is 6.85. The van der Waals surface area contributed by atoms with Crippen molar-refractivity contribution in [2.45, 2.75) is 32.5 Å². The molecule has 0 aliphatic carbocycles. The topological polar surface area (TPSA) is 86.1 Å². The number of fused-ring (bicyclic) bond motifs is 1. The number of nitrogens with zero attached hydrogens (tertiary/aromatic N) is 3. The van der Waals surface area contributed by atoms with Crippen LogP contribution in [0.25, 0.3) is 11.0 Å². The summed E-state index contributed by atoms with van der Waals surface area (Å²) in [6.45, 7) is 6.28. The SMILES string of the molecule is CCn1c(SCC(=O)Nc2cc(Cl)ccc2OC)nc(=O)c2c(C)cc(C)nc21. The lowest BCUT2D eigenvalue weighted by molar-refractivity contribution is -0.113. The van der Waals surface area contributed by atoms with Crippen molar-refractivity contribution in [3.05, 3.63) is 50.9 Å². The van der Waals surface area contributed by atoms with Gasteiger partial charge in [0.15, 0.2) is 5.16 Å². The van der Waals surface area contributed by atoms with Crippen LogP contribution in [0, 0.1) is 13.8 Å². The fourth-order valence-electron chi connectivity index (χ4n) is 3.06. The summed E-state index contributed by atoms with van der Waals surface area (Å²) in [5.74, 6) is 0.316. The maximum atomic E-state index is 12.5. The Morgan fingerprint density at radius 3 is 2.72 bits per heavy atom. The third-order valence-electron chi connectivity index (χ3n) is 4.31. The molecule has 0 aliphatic heterocycles. The molecular weight excluding hydrogens is 412 g/mol. The standard InChI is InChI=1S/C20H21ClN4O3S/c1-5-25-18-17(11(2)8-12(3)22-18)19(27)24-20(25)29-10-16(26)23-14-9-13(21)6-7-15(14)28-4/h6-9H,5,10H2,1-4H3,(H,23,26). The van der Waals surface area contributed by atoms with Crippen LogP contribution in [0.3, 0.4) is 0 Å². The average molecular weight is 433 g/mol. The molecule has 0 saturated carbocycles. The molecule has 9 heteroatoms. The monoisotopic (exact) mass is 432 g/mol. The number of aromatic nitrogens is 3. The van der Waals surface area contributed by atoms with Crippen LogP contribution in [0.2, 0.25) is 5.02 Å². The molecule has 2 heterocycles. The van der Waals surface area contributed by atoms with Gasteiger partial charge in [-0.15, -0.1) is 0 Å². The van der Waals surface area contributed by atoms with Gasteiger partial charge in [0.2, 0.25) is 5.91 Å². The van der Waals surface area contributed by atoms with Crippen LogP contribution in [0.15, 0.2) is 34.2 Å². The van der Waals surface area contributed by atoms with Crippen molar-refractivity contribution in [1.29, 1.82) is 0 Å². The van der Waals surface area contributed by atoms with E-state index in [2.05, 4.69) is 15.3 Å². The zero-order valence-corrected chi connectivity index (χ0v) is 18.1. The van der Waals surface area contributed by atoms with Crippen LogP contribution in [0.5, 0.6) is 5.75 Å². The van der Waals surface area contributed by atoms with E-state index >= 15 is 0 Å². The van der Waals surface area contributed by atoms with Crippen LogP contribution in [0.4, 0.5) is 5.69 Å². The van der Waals surface area contributed by atoms with Crippen molar-refractivity contribution < 1.29 is 9.53 Å². The molecule has 0 radical (unpaired) electrons. The Morgan fingerprint density at radius 2 is 2.03 bits per heavy atom. The van der Waals surface area contributed by atoms with Gasteiger partial charge in [-0.25, -0.2) is 4.98 Å². The van der Waals surface area contributed by atoms with Gasteiger partial charge >= 0.3 is 0 Å². The van der Waals surface area contributed by atoms with E-state index in [4.69, 9.17) is 16.3 Å². The normalized spacial score (nSPS) is 10.9. The molecule has 29 heavy (non-hydrogen) atoms. The molecule has 3 rings (SSSR count). The molecule has 1 amide bonds. The number of methoxy groups -OCH3 is 1. The fourth-order valence-corrected chi connectivity index (χ4v) is 4.08. The summed E-state index contributed by atoms with van der Waals surface area (Å²) in [6.07, 6.45) is 0. The van der Waals surface area contributed by atoms with Gasteiger partial charge in [-0.3, -0.25) is 9.59 Å². The number of aryl methyl sites for hydroxylation is 3. The molecule has 7 nitrogen and oxygen atoms in total. The quantitative estimate of drug-likeness (QED) is 0.470. The van der Waals surface area contributed by atoms with Crippen molar-refractivity contribution in [2.24, 2.45) is 0 Å². The Bertz CT molecular complexity index is 1150. The summed E-state index contributed by atoms with van der Waals surface area (Å²) in [4.78, 5) is 33.7. The van der Waals surface area contributed by atoms with Gasteiger partial charge in [-0.05, 0) is 50.6 Å². The van der Waals surface area contributed by atoms with Gasteiger partial charge in [0.05, 0.1) is 23.9 Å². The lowest BCUT2D eigenvalue weighted by Crippen LogP contribution is -2.20. The smallest absolute Gasteiger partial charge is 0.283 e. The Hall–Kier alpha value is -2.58. The number of ether oxygens (including phenoxy) is 1. The molecule has 0 saturated heterocycles. The number of thioether (sulfide) groups is 1. The summed E-state index contributed by atoms with van der Waals surface area (Å²) < 4.78 is 7.10. The highest BCUT2D eigenvalue weighted by molar-refractivity contribution is 7.99. The number of rotatable bonds is 6. The number of carbonyl (C=O) groups excluding carboxylic acids is 1. The molecule has 0 bridgehead atoms. The van der Waals surface area contributed by atoms with Crippen LogP contribution < -0.4 is 15.6 Å². The predicted molar refractivity (Wildman–Crippen MR) is 116 cm³/mol. The zero-order chi connectivity index (χ0) is 21.1. The number of anilines is 1. The number of halogens is 1. The largest absolute Gasteiger partial charge is 0.495 e.